The molecule has 2 N–H and O–H groups in total. The van der Waals surface area contributed by atoms with Gasteiger partial charge in [0.1, 0.15) is 11.6 Å². The lowest BCUT2D eigenvalue weighted by molar-refractivity contribution is -0.139. The maximum atomic E-state index is 13.7. The average molecular weight is 327 g/mol. The molecule has 2 rings (SSSR count). The van der Waals surface area contributed by atoms with Gasteiger partial charge in [-0.15, -0.1) is 0 Å². The van der Waals surface area contributed by atoms with E-state index in [0.717, 1.165) is 12.1 Å². The topological polar surface area (TPSA) is 75.6 Å². The van der Waals surface area contributed by atoms with Crippen molar-refractivity contribution in [3.63, 3.8) is 0 Å². The molecule has 1 saturated carbocycles. The summed E-state index contributed by atoms with van der Waals surface area (Å²) in [5, 5.41) is 11.6. The molecule has 1 amide bonds. The average Bonchev–Trinajstić information content (AvgIpc) is 3.17. The number of carboxylic acid groups (broad SMARTS) is 1. The second-order valence-corrected chi connectivity index (χ2v) is 6.17. The molecule has 1 aromatic rings. The van der Waals surface area contributed by atoms with E-state index in [-0.39, 0.29) is 24.9 Å². The fraction of sp³-hybridized carbons (Fsp3) is 0.500. The Morgan fingerprint density at radius 1 is 1.43 bits per heavy atom. The summed E-state index contributed by atoms with van der Waals surface area (Å²) in [4.78, 5) is 23.2. The molecule has 0 aliphatic heterocycles. The van der Waals surface area contributed by atoms with Gasteiger partial charge in [0.15, 0.2) is 0 Å². The summed E-state index contributed by atoms with van der Waals surface area (Å²) in [6, 6.07) is 3.29. The highest BCUT2D eigenvalue weighted by Crippen LogP contribution is 2.48. The molecule has 0 spiro atoms. The van der Waals surface area contributed by atoms with Gasteiger partial charge in [-0.25, -0.2) is 8.78 Å². The van der Waals surface area contributed by atoms with Crippen molar-refractivity contribution in [2.45, 2.75) is 31.2 Å². The summed E-state index contributed by atoms with van der Waals surface area (Å²) in [7, 11) is 1.42. The number of amides is 1. The summed E-state index contributed by atoms with van der Waals surface area (Å²) in [6.07, 6.45) is 0.166. The van der Waals surface area contributed by atoms with Crippen molar-refractivity contribution in [1.82, 2.24) is 5.32 Å². The molecule has 0 bridgehead atoms. The number of carbonyl (C=O) groups excluding carboxylic acids is 1. The molecule has 0 heterocycles. The van der Waals surface area contributed by atoms with Crippen molar-refractivity contribution in [1.29, 1.82) is 0 Å². The van der Waals surface area contributed by atoms with Crippen LogP contribution in [-0.2, 0) is 14.3 Å². The minimum Gasteiger partial charge on any atom is -0.481 e. The molecule has 0 saturated heterocycles. The molecule has 1 aromatic carbocycles. The summed E-state index contributed by atoms with van der Waals surface area (Å²) in [6.45, 7) is 1.63. The Labute approximate surface area is 132 Å². The van der Waals surface area contributed by atoms with Crippen LogP contribution in [0.15, 0.2) is 18.2 Å². The molecule has 0 aromatic heterocycles. The number of carboxylic acids is 1. The van der Waals surface area contributed by atoms with E-state index < -0.39 is 29.1 Å². The smallest absolute Gasteiger partial charge is 0.305 e. The van der Waals surface area contributed by atoms with Crippen LogP contribution in [0.3, 0.4) is 0 Å². The van der Waals surface area contributed by atoms with Crippen molar-refractivity contribution in [3.8, 4) is 0 Å². The van der Waals surface area contributed by atoms with E-state index in [1.165, 1.54) is 13.2 Å². The third-order valence-electron chi connectivity index (χ3n) is 3.92. The molecule has 1 aliphatic carbocycles. The van der Waals surface area contributed by atoms with Crippen LogP contribution in [0.1, 0.15) is 31.2 Å². The van der Waals surface area contributed by atoms with Crippen molar-refractivity contribution in [2.75, 3.05) is 13.7 Å². The van der Waals surface area contributed by atoms with Gasteiger partial charge in [0.25, 0.3) is 0 Å². The largest absolute Gasteiger partial charge is 0.481 e. The molecule has 7 heteroatoms. The quantitative estimate of drug-likeness (QED) is 0.804. The monoisotopic (exact) mass is 327 g/mol. The molecular formula is C16H19F2NO4. The molecular weight excluding hydrogens is 308 g/mol. The van der Waals surface area contributed by atoms with Gasteiger partial charge in [-0.1, -0.05) is 6.07 Å². The van der Waals surface area contributed by atoms with E-state index in [0.29, 0.717) is 12.0 Å². The number of hydrogen-bond acceptors (Lipinski definition) is 3. The van der Waals surface area contributed by atoms with E-state index >= 15 is 0 Å². The van der Waals surface area contributed by atoms with Gasteiger partial charge in [-0.3, -0.25) is 9.59 Å². The zero-order valence-corrected chi connectivity index (χ0v) is 12.9. The van der Waals surface area contributed by atoms with Gasteiger partial charge in [0.05, 0.1) is 18.6 Å². The lowest BCUT2D eigenvalue weighted by atomic mass is 9.98. The number of halogens is 2. The Morgan fingerprint density at radius 2 is 2.13 bits per heavy atom. The van der Waals surface area contributed by atoms with Crippen LogP contribution < -0.4 is 5.32 Å². The number of rotatable bonds is 7. The van der Waals surface area contributed by atoms with E-state index in [4.69, 9.17) is 9.84 Å². The zero-order valence-electron chi connectivity index (χ0n) is 12.9. The SMILES string of the molecule is COCC(C)(CC(=O)O)NC(=O)C1CC1c1ccc(F)cc1F. The fourth-order valence-corrected chi connectivity index (χ4v) is 2.80. The number of nitrogens with one attached hydrogen (secondary N) is 1. The second-order valence-electron chi connectivity index (χ2n) is 6.17. The predicted octanol–water partition coefficient (Wildman–Crippen LogP) is 2.06. The first kappa shape index (κ1) is 17.3. The van der Waals surface area contributed by atoms with E-state index in [9.17, 15) is 18.4 Å². The summed E-state index contributed by atoms with van der Waals surface area (Å²) in [5.74, 6) is -3.49. The highest BCUT2D eigenvalue weighted by molar-refractivity contribution is 5.84. The van der Waals surface area contributed by atoms with Crippen molar-refractivity contribution in [3.05, 3.63) is 35.4 Å². The molecule has 3 unspecified atom stereocenters. The highest BCUT2D eigenvalue weighted by Gasteiger charge is 2.47. The highest BCUT2D eigenvalue weighted by atomic mass is 19.1. The molecule has 3 atom stereocenters. The van der Waals surface area contributed by atoms with Crippen LogP contribution in [-0.4, -0.2) is 36.2 Å². The molecule has 5 nitrogen and oxygen atoms in total. The number of carbonyl (C=O) groups is 2. The van der Waals surface area contributed by atoms with Gasteiger partial charge in [-0.2, -0.15) is 0 Å². The van der Waals surface area contributed by atoms with Crippen LogP contribution in [0, 0.1) is 17.6 Å². The molecule has 23 heavy (non-hydrogen) atoms. The maximum Gasteiger partial charge on any atom is 0.305 e. The van der Waals surface area contributed by atoms with Gasteiger partial charge in [0, 0.05) is 19.1 Å². The third-order valence-corrected chi connectivity index (χ3v) is 3.92. The first-order chi connectivity index (χ1) is 10.8. The minimum atomic E-state index is -1.05. The van der Waals surface area contributed by atoms with Gasteiger partial charge >= 0.3 is 5.97 Å². The van der Waals surface area contributed by atoms with Gasteiger partial charge in [0.2, 0.25) is 5.91 Å². The molecule has 1 fully saturated rings. The van der Waals surface area contributed by atoms with Crippen LogP contribution >= 0.6 is 0 Å². The number of benzene rings is 1. The number of ether oxygens (including phenoxy) is 1. The van der Waals surface area contributed by atoms with E-state index in [1.807, 2.05) is 0 Å². The number of methoxy groups -OCH3 is 1. The Morgan fingerprint density at radius 3 is 2.70 bits per heavy atom. The fourth-order valence-electron chi connectivity index (χ4n) is 2.80. The first-order valence-corrected chi connectivity index (χ1v) is 7.23. The van der Waals surface area contributed by atoms with E-state index in [1.54, 1.807) is 6.92 Å². The van der Waals surface area contributed by atoms with Crippen LogP contribution in [0.5, 0.6) is 0 Å². The summed E-state index contributed by atoms with van der Waals surface area (Å²) < 4.78 is 31.6. The first-order valence-electron chi connectivity index (χ1n) is 7.23. The maximum absolute atomic E-state index is 13.7. The predicted molar refractivity (Wildman–Crippen MR) is 77.9 cm³/mol. The Kier molecular flexibility index (Phi) is 4.99. The molecule has 126 valence electrons. The molecule has 1 aliphatic rings. The van der Waals surface area contributed by atoms with Crippen molar-refractivity contribution < 1.29 is 28.2 Å². The third kappa shape index (κ3) is 4.25. The van der Waals surface area contributed by atoms with Gasteiger partial charge < -0.3 is 15.2 Å². The lowest BCUT2D eigenvalue weighted by Crippen LogP contribution is -2.51. The second kappa shape index (κ2) is 6.62. The van der Waals surface area contributed by atoms with Crippen molar-refractivity contribution >= 4 is 11.9 Å². The Balaban J connectivity index is 2.03. The normalized spacial score (nSPS) is 22.3. The van der Waals surface area contributed by atoms with Crippen LogP contribution in [0.4, 0.5) is 8.78 Å². The van der Waals surface area contributed by atoms with Gasteiger partial charge in [-0.05, 0) is 30.9 Å². The minimum absolute atomic E-state index is 0.0489. The van der Waals surface area contributed by atoms with E-state index in [2.05, 4.69) is 5.32 Å². The lowest BCUT2D eigenvalue weighted by Gasteiger charge is -2.28. The Bertz CT molecular complexity index is 622. The Hall–Kier alpha value is -2.02. The number of hydrogen-bond donors (Lipinski definition) is 2. The summed E-state index contributed by atoms with van der Waals surface area (Å²) >= 11 is 0. The number of aliphatic carboxylic acids is 1. The standard InChI is InChI=1S/C16H19F2NO4/c1-16(8-23-2,7-14(20)21)19-15(22)12-6-11(12)10-4-3-9(17)5-13(10)18/h3-5,11-12H,6-8H2,1-2H3,(H,19,22)(H,20,21). The zero-order chi connectivity index (χ0) is 17.2. The van der Waals surface area contributed by atoms with Crippen LogP contribution in [0.25, 0.3) is 0 Å². The molecule has 0 radical (unpaired) electrons. The van der Waals surface area contributed by atoms with Crippen molar-refractivity contribution in [2.24, 2.45) is 5.92 Å². The summed E-state index contributed by atoms with van der Waals surface area (Å²) in [5.41, 5.74) is -0.732. The van der Waals surface area contributed by atoms with Crippen LogP contribution in [0.2, 0.25) is 0 Å².